The van der Waals surface area contributed by atoms with E-state index in [-0.39, 0.29) is 5.82 Å². The summed E-state index contributed by atoms with van der Waals surface area (Å²) in [5.74, 6) is -0.162. The van der Waals surface area contributed by atoms with Crippen LogP contribution in [0.15, 0.2) is 60.9 Å². The Morgan fingerprint density at radius 1 is 0.923 bits per heavy atom. The van der Waals surface area contributed by atoms with Crippen molar-refractivity contribution in [3.8, 4) is 5.69 Å². The van der Waals surface area contributed by atoms with Crippen LogP contribution in [-0.4, -0.2) is 45.4 Å². The van der Waals surface area contributed by atoms with Gasteiger partial charge in [0.1, 0.15) is 12.1 Å². The Labute approximate surface area is 156 Å². The van der Waals surface area contributed by atoms with E-state index in [0.29, 0.717) is 17.1 Å². The second-order valence-corrected chi connectivity index (χ2v) is 6.68. The maximum atomic E-state index is 13.9. The van der Waals surface area contributed by atoms with E-state index >= 15 is 0 Å². The van der Waals surface area contributed by atoms with E-state index in [2.05, 4.69) is 14.9 Å². The van der Waals surface area contributed by atoms with E-state index in [1.807, 2.05) is 51.7 Å². The van der Waals surface area contributed by atoms with Crippen molar-refractivity contribution in [1.82, 2.24) is 19.2 Å². The van der Waals surface area contributed by atoms with Crippen molar-refractivity contribution in [2.45, 2.75) is 6.67 Å². The van der Waals surface area contributed by atoms with Gasteiger partial charge in [-0.05, 0) is 36.5 Å². The molecule has 3 aromatic rings. The van der Waals surface area contributed by atoms with Crippen LogP contribution in [0.1, 0.15) is 0 Å². The van der Waals surface area contributed by atoms with Gasteiger partial charge in [-0.3, -0.25) is 9.47 Å². The number of anilines is 1. The summed E-state index contributed by atoms with van der Waals surface area (Å²) in [5.41, 5.74) is 1.69. The van der Waals surface area contributed by atoms with Gasteiger partial charge in [-0.1, -0.05) is 30.3 Å². The lowest BCUT2D eigenvalue weighted by molar-refractivity contribution is 0.194. The fourth-order valence-electron chi connectivity index (χ4n) is 3.23. The Morgan fingerprint density at radius 2 is 1.62 bits per heavy atom. The van der Waals surface area contributed by atoms with Crippen molar-refractivity contribution in [2.75, 3.05) is 31.1 Å². The van der Waals surface area contributed by atoms with Crippen molar-refractivity contribution in [2.24, 2.45) is 0 Å². The third-order valence-electron chi connectivity index (χ3n) is 4.67. The van der Waals surface area contributed by atoms with Gasteiger partial charge in [0.05, 0.1) is 12.4 Å². The predicted octanol–water partition coefficient (Wildman–Crippen LogP) is 3.32. The summed E-state index contributed by atoms with van der Waals surface area (Å²) in [7, 11) is 0. The third-order valence-corrected chi connectivity index (χ3v) is 5.07. The SMILES string of the molecule is Fc1ccccc1N1CCN(Cn2ncn(-c3ccccc3)c2=S)CC1. The molecule has 2 aromatic carbocycles. The van der Waals surface area contributed by atoms with Crippen molar-refractivity contribution >= 4 is 17.9 Å². The molecule has 2 heterocycles. The minimum absolute atomic E-state index is 0.162. The monoisotopic (exact) mass is 369 g/mol. The molecule has 5 nitrogen and oxygen atoms in total. The molecule has 0 N–H and O–H groups in total. The molecule has 26 heavy (non-hydrogen) atoms. The predicted molar refractivity (Wildman–Crippen MR) is 103 cm³/mol. The van der Waals surface area contributed by atoms with Crippen LogP contribution in [0.4, 0.5) is 10.1 Å². The van der Waals surface area contributed by atoms with Gasteiger partial charge in [0.2, 0.25) is 4.77 Å². The van der Waals surface area contributed by atoms with E-state index < -0.39 is 0 Å². The van der Waals surface area contributed by atoms with Crippen molar-refractivity contribution in [3.05, 3.63) is 71.5 Å². The van der Waals surface area contributed by atoms with Crippen LogP contribution in [0, 0.1) is 10.6 Å². The van der Waals surface area contributed by atoms with Gasteiger partial charge in [0, 0.05) is 31.9 Å². The highest BCUT2D eigenvalue weighted by Gasteiger charge is 2.20. The number of para-hydroxylation sites is 2. The lowest BCUT2D eigenvalue weighted by Crippen LogP contribution is -2.47. The summed E-state index contributed by atoms with van der Waals surface area (Å²) in [4.78, 5) is 4.38. The highest BCUT2D eigenvalue weighted by atomic mass is 32.1. The molecule has 0 radical (unpaired) electrons. The van der Waals surface area contributed by atoms with Crippen LogP contribution in [0.3, 0.4) is 0 Å². The second kappa shape index (κ2) is 7.39. The number of hydrogen-bond donors (Lipinski definition) is 0. The molecular weight excluding hydrogens is 349 g/mol. The van der Waals surface area contributed by atoms with Gasteiger partial charge in [-0.15, -0.1) is 0 Å². The van der Waals surface area contributed by atoms with Gasteiger partial charge in [0.15, 0.2) is 0 Å². The molecular formula is C19H20FN5S. The van der Waals surface area contributed by atoms with Crippen molar-refractivity contribution in [3.63, 3.8) is 0 Å². The summed E-state index contributed by atoms with van der Waals surface area (Å²) >= 11 is 5.57. The number of halogens is 1. The van der Waals surface area contributed by atoms with Crippen molar-refractivity contribution < 1.29 is 4.39 Å². The highest BCUT2D eigenvalue weighted by molar-refractivity contribution is 7.71. The Balaban J connectivity index is 1.42. The molecule has 0 saturated carbocycles. The zero-order chi connectivity index (χ0) is 17.9. The van der Waals surface area contributed by atoms with Crippen LogP contribution in [-0.2, 0) is 6.67 Å². The zero-order valence-corrected chi connectivity index (χ0v) is 15.1. The minimum Gasteiger partial charge on any atom is -0.367 e. The van der Waals surface area contributed by atoms with Crippen LogP contribution in [0.2, 0.25) is 0 Å². The number of rotatable bonds is 4. The first-order valence-electron chi connectivity index (χ1n) is 8.64. The molecule has 0 bridgehead atoms. The molecule has 0 aliphatic carbocycles. The van der Waals surface area contributed by atoms with Gasteiger partial charge in [-0.2, -0.15) is 5.10 Å². The first-order valence-corrected chi connectivity index (χ1v) is 9.05. The molecule has 1 aliphatic heterocycles. The van der Waals surface area contributed by atoms with Crippen LogP contribution in [0.25, 0.3) is 5.69 Å². The fourth-order valence-corrected chi connectivity index (χ4v) is 3.49. The fraction of sp³-hybridized carbons (Fsp3) is 0.263. The summed E-state index contributed by atoms with van der Waals surface area (Å²) in [6.07, 6.45) is 1.76. The van der Waals surface area contributed by atoms with Gasteiger partial charge in [-0.25, -0.2) is 9.07 Å². The summed E-state index contributed by atoms with van der Waals surface area (Å²) in [6.45, 7) is 3.90. The molecule has 1 aliphatic rings. The van der Waals surface area contributed by atoms with Gasteiger partial charge in [0.25, 0.3) is 0 Å². The zero-order valence-electron chi connectivity index (χ0n) is 14.3. The number of benzene rings is 2. The maximum absolute atomic E-state index is 13.9. The molecule has 0 unspecified atom stereocenters. The molecule has 4 rings (SSSR count). The Kier molecular flexibility index (Phi) is 4.81. The molecule has 0 amide bonds. The molecule has 1 saturated heterocycles. The van der Waals surface area contributed by atoms with Gasteiger partial charge >= 0.3 is 0 Å². The average Bonchev–Trinajstić information content (AvgIpc) is 3.04. The topological polar surface area (TPSA) is 29.2 Å². The molecule has 1 aromatic heterocycles. The normalized spacial score (nSPS) is 15.3. The number of hydrogen-bond acceptors (Lipinski definition) is 4. The van der Waals surface area contributed by atoms with Crippen LogP contribution >= 0.6 is 12.2 Å². The summed E-state index contributed by atoms with van der Waals surface area (Å²) in [5, 5.41) is 4.44. The first kappa shape index (κ1) is 16.9. The quantitative estimate of drug-likeness (QED) is 0.660. The molecule has 0 spiro atoms. The maximum Gasteiger partial charge on any atom is 0.203 e. The molecule has 134 valence electrons. The van der Waals surface area contributed by atoms with E-state index in [4.69, 9.17) is 12.2 Å². The summed E-state index contributed by atoms with van der Waals surface area (Å²) < 4.78 is 18.4. The first-order chi connectivity index (χ1) is 12.7. The van der Waals surface area contributed by atoms with Gasteiger partial charge < -0.3 is 4.90 Å². The van der Waals surface area contributed by atoms with E-state index in [0.717, 1.165) is 31.9 Å². The van der Waals surface area contributed by atoms with Crippen molar-refractivity contribution in [1.29, 1.82) is 0 Å². The minimum atomic E-state index is -0.162. The second-order valence-electron chi connectivity index (χ2n) is 6.32. The Morgan fingerprint density at radius 3 is 2.35 bits per heavy atom. The standard InChI is InChI=1S/C19H20FN5S/c20-17-8-4-5-9-18(17)23-12-10-22(11-13-23)15-25-19(26)24(14-21-25)16-6-2-1-3-7-16/h1-9,14H,10-13,15H2. The number of nitrogens with zero attached hydrogens (tertiary/aromatic N) is 5. The van der Waals surface area contributed by atoms with E-state index in [9.17, 15) is 4.39 Å². The van der Waals surface area contributed by atoms with Crippen LogP contribution in [0.5, 0.6) is 0 Å². The van der Waals surface area contributed by atoms with Crippen LogP contribution < -0.4 is 4.90 Å². The highest BCUT2D eigenvalue weighted by Crippen LogP contribution is 2.20. The summed E-state index contributed by atoms with van der Waals surface area (Å²) in [6, 6.07) is 16.9. The molecule has 1 fully saturated rings. The largest absolute Gasteiger partial charge is 0.367 e. The Bertz CT molecular complexity index is 928. The average molecular weight is 369 g/mol. The third kappa shape index (κ3) is 3.40. The smallest absolute Gasteiger partial charge is 0.203 e. The molecule has 0 atom stereocenters. The van der Waals surface area contributed by atoms with E-state index in [1.165, 1.54) is 6.07 Å². The number of aromatic nitrogens is 3. The lowest BCUT2D eigenvalue weighted by Gasteiger charge is -2.35. The van der Waals surface area contributed by atoms with E-state index in [1.54, 1.807) is 12.4 Å². The lowest BCUT2D eigenvalue weighted by atomic mass is 10.2. The number of piperazine rings is 1. The molecule has 7 heteroatoms. The Hall–Kier alpha value is -2.51.